The smallest absolute Gasteiger partial charge is 0.157 e. The zero-order valence-electron chi connectivity index (χ0n) is 7.50. The Balaban J connectivity index is 2.78. The van der Waals surface area contributed by atoms with Crippen LogP contribution < -0.4 is 4.74 Å². The lowest BCUT2D eigenvalue weighted by Crippen LogP contribution is -1.89. The van der Waals surface area contributed by atoms with Gasteiger partial charge >= 0.3 is 0 Å². The third-order valence-corrected chi connectivity index (χ3v) is 1.62. The van der Waals surface area contributed by atoms with Crippen LogP contribution in [0.5, 0.6) is 5.75 Å². The van der Waals surface area contributed by atoms with Gasteiger partial charge in [0.1, 0.15) is 5.75 Å². The van der Waals surface area contributed by atoms with Crippen molar-refractivity contribution in [1.29, 1.82) is 0 Å². The van der Waals surface area contributed by atoms with Crippen molar-refractivity contribution in [1.82, 2.24) is 0 Å². The highest BCUT2D eigenvalue weighted by molar-refractivity contribution is 5.36. The standard InChI is InChI=1S/C11H13O/c1-4-7-12-11-6-5-9(2)8-10(11)3/h4-8H,1H2,2-3H3. The van der Waals surface area contributed by atoms with Crippen LogP contribution in [0.25, 0.3) is 0 Å². The van der Waals surface area contributed by atoms with Gasteiger partial charge in [-0.05, 0) is 31.6 Å². The summed E-state index contributed by atoms with van der Waals surface area (Å²) in [6.07, 6.45) is 1.62. The van der Waals surface area contributed by atoms with E-state index in [1.54, 1.807) is 12.7 Å². The first-order chi connectivity index (χ1) is 5.74. The lowest BCUT2D eigenvalue weighted by molar-refractivity contribution is 0.431. The van der Waals surface area contributed by atoms with Gasteiger partial charge in [-0.1, -0.05) is 24.3 Å². The minimum absolute atomic E-state index is 0.889. The summed E-state index contributed by atoms with van der Waals surface area (Å²) in [6.45, 7) is 9.21. The highest BCUT2D eigenvalue weighted by Gasteiger charge is 1.97. The summed E-state index contributed by atoms with van der Waals surface area (Å²) in [6, 6.07) is 6.08. The molecule has 0 spiro atoms. The fourth-order valence-electron chi connectivity index (χ4n) is 1.05. The molecule has 0 unspecified atom stereocenters. The van der Waals surface area contributed by atoms with Gasteiger partial charge in [0.2, 0.25) is 0 Å². The van der Waals surface area contributed by atoms with E-state index in [9.17, 15) is 0 Å². The number of benzene rings is 1. The van der Waals surface area contributed by atoms with Crippen LogP contribution in [0.15, 0.2) is 30.9 Å². The Morgan fingerprint density at radius 3 is 2.67 bits per heavy atom. The van der Waals surface area contributed by atoms with Crippen LogP contribution in [0.4, 0.5) is 0 Å². The molecule has 0 bridgehead atoms. The average Bonchev–Trinajstić information content (AvgIpc) is 2.03. The second kappa shape index (κ2) is 3.96. The molecule has 0 saturated heterocycles. The van der Waals surface area contributed by atoms with Crippen LogP contribution in [0.3, 0.4) is 0 Å². The molecule has 0 saturated carbocycles. The van der Waals surface area contributed by atoms with Crippen molar-refractivity contribution in [2.24, 2.45) is 0 Å². The summed E-state index contributed by atoms with van der Waals surface area (Å²) in [5.74, 6) is 0.889. The van der Waals surface area contributed by atoms with Crippen molar-refractivity contribution < 1.29 is 4.74 Å². The Kier molecular flexibility index (Phi) is 2.92. The molecule has 0 fully saturated rings. The second-order valence-corrected chi connectivity index (χ2v) is 2.76. The fraction of sp³-hybridized carbons (Fsp3) is 0.182. The number of ether oxygens (including phenoxy) is 1. The number of aryl methyl sites for hydroxylation is 2. The molecule has 12 heavy (non-hydrogen) atoms. The summed E-state index contributed by atoms with van der Waals surface area (Å²) in [5.41, 5.74) is 2.39. The molecule has 1 heteroatoms. The van der Waals surface area contributed by atoms with E-state index in [0.29, 0.717) is 0 Å². The van der Waals surface area contributed by atoms with Crippen LogP contribution in [0.1, 0.15) is 11.1 Å². The number of hydrogen-bond acceptors (Lipinski definition) is 1. The molecule has 0 aromatic heterocycles. The van der Waals surface area contributed by atoms with E-state index < -0.39 is 0 Å². The van der Waals surface area contributed by atoms with E-state index in [0.717, 1.165) is 11.3 Å². The second-order valence-electron chi connectivity index (χ2n) is 2.76. The van der Waals surface area contributed by atoms with Crippen LogP contribution in [0.2, 0.25) is 0 Å². The Morgan fingerprint density at radius 1 is 1.33 bits per heavy atom. The van der Waals surface area contributed by atoms with E-state index in [-0.39, 0.29) is 0 Å². The first kappa shape index (κ1) is 8.85. The molecule has 0 aliphatic rings. The van der Waals surface area contributed by atoms with Gasteiger partial charge in [-0.25, -0.2) is 0 Å². The fourth-order valence-corrected chi connectivity index (χ4v) is 1.05. The third-order valence-electron chi connectivity index (χ3n) is 1.62. The summed E-state index contributed by atoms with van der Waals surface area (Å²) >= 11 is 0. The predicted molar refractivity (Wildman–Crippen MR) is 51.0 cm³/mol. The lowest BCUT2D eigenvalue weighted by Gasteiger charge is -2.06. The Bertz CT molecular complexity index is 276. The van der Waals surface area contributed by atoms with Crippen molar-refractivity contribution in [2.45, 2.75) is 13.8 Å². The molecule has 63 valence electrons. The quantitative estimate of drug-likeness (QED) is 0.662. The maximum atomic E-state index is 5.30. The minimum atomic E-state index is 0.889. The normalized spacial score (nSPS) is 9.50. The van der Waals surface area contributed by atoms with Crippen molar-refractivity contribution in [3.05, 3.63) is 48.6 Å². The molecule has 1 aromatic carbocycles. The molecular formula is C11H13O. The van der Waals surface area contributed by atoms with Gasteiger partial charge in [-0.3, -0.25) is 0 Å². The third kappa shape index (κ3) is 2.12. The van der Waals surface area contributed by atoms with Gasteiger partial charge in [0.15, 0.2) is 6.61 Å². The zero-order chi connectivity index (χ0) is 8.97. The highest BCUT2D eigenvalue weighted by atomic mass is 16.5. The van der Waals surface area contributed by atoms with Gasteiger partial charge in [0.25, 0.3) is 0 Å². The van der Waals surface area contributed by atoms with Crippen LogP contribution in [0, 0.1) is 20.5 Å². The van der Waals surface area contributed by atoms with E-state index in [4.69, 9.17) is 4.74 Å². The summed E-state index contributed by atoms with van der Waals surface area (Å²) < 4.78 is 5.30. The molecule has 1 radical (unpaired) electrons. The van der Waals surface area contributed by atoms with Gasteiger partial charge in [0.05, 0.1) is 0 Å². The summed E-state index contributed by atoms with van der Waals surface area (Å²) in [7, 11) is 0. The van der Waals surface area contributed by atoms with Crippen molar-refractivity contribution in [3.8, 4) is 5.75 Å². The van der Waals surface area contributed by atoms with Gasteiger partial charge < -0.3 is 4.74 Å². The first-order valence-electron chi connectivity index (χ1n) is 3.92. The van der Waals surface area contributed by atoms with E-state index in [1.807, 2.05) is 19.1 Å². The molecule has 0 atom stereocenters. The van der Waals surface area contributed by atoms with Crippen molar-refractivity contribution >= 4 is 0 Å². The summed E-state index contributed by atoms with van der Waals surface area (Å²) in [4.78, 5) is 0. The van der Waals surface area contributed by atoms with Crippen LogP contribution in [-0.2, 0) is 0 Å². The molecule has 0 amide bonds. The number of hydrogen-bond donors (Lipinski definition) is 0. The molecule has 1 rings (SSSR count). The lowest BCUT2D eigenvalue weighted by atomic mass is 10.1. The van der Waals surface area contributed by atoms with E-state index in [2.05, 4.69) is 19.6 Å². The average molecular weight is 161 g/mol. The van der Waals surface area contributed by atoms with Crippen molar-refractivity contribution in [2.75, 3.05) is 0 Å². The number of rotatable bonds is 3. The van der Waals surface area contributed by atoms with E-state index in [1.165, 1.54) is 5.56 Å². The predicted octanol–water partition coefficient (Wildman–Crippen LogP) is 3.03. The largest absolute Gasteiger partial charge is 0.482 e. The summed E-state index contributed by atoms with van der Waals surface area (Å²) in [5, 5.41) is 0. The maximum absolute atomic E-state index is 5.30. The zero-order valence-corrected chi connectivity index (χ0v) is 7.50. The molecule has 1 nitrogen and oxygen atoms in total. The highest BCUT2D eigenvalue weighted by Crippen LogP contribution is 2.19. The molecule has 0 N–H and O–H groups in total. The van der Waals surface area contributed by atoms with Gasteiger partial charge in [-0.15, -0.1) is 0 Å². The molecule has 0 aliphatic carbocycles. The monoisotopic (exact) mass is 161 g/mol. The topological polar surface area (TPSA) is 9.23 Å². The Hall–Kier alpha value is -1.24. The van der Waals surface area contributed by atoms with Crippen molar-refractivity contribution in [3.63, 3.8) is 0 Å². The Labute approximate surface area is 73.7 Å². The maximum Gasteiger partial charge on any atom is 0.157 e. The minimum Gasteiger partial charge on any atom is -0.482 e. The van der Waals surface area contributed by atoms with Crippen LogP contribution >= 0.6 is 0 Å². The Morgan fingerprint density at radius 2 is 2.08 bits per heavy atom. The molecule has 1 aromatic rings. The first-order valence-corrected chi connectivity index (χ1v) is 3.92. The van der Waals surface area contributed by atoms with Gasteiger partial charge in [-0.2, -0.15) is 0 Å². The molecular weight excluding hydrogens is 148 g/mol. The van der Waals surface area contributed by atoms with E-state index >= 15 is 0 Å². The SMILES string of the molecule is C=C[CH]Oc1ccc(C)cc1C. The van der Waals surface area contributed by atoms with Gasteiger partial charge in [0, 0.05) is 0 Å². The van der Waals surface area contributed by atoms with Crippen LogP contribution in [-0.4, -0.2) is 0 Å². The molecule has 0 aliphatic heterocycles. The molecule has 0 heterocycles.